The molecule has 2 aromatic rings. The van der Waals surface area contributed by atoms with Gasteiger partial charge in [0.1, 0.15) is 11.5 Å². The molecule has 0 fully saturated rings. The Bertz CT molecular complexity index is 839. The molecule has 0 heterocycles. The highest BCUT2D eigenvalue weighted by Crippen LogP contribution is 2.22. The molecule has 2 rings (SSSR count). The number of aryl methyl sites for hydroxylation is 3. The van der Waals surface area contributed by atoms with E-state index in [2.05, 4.69) is 5.32 Å². The maximum Gasteiger partial charge on any atom is 0.243 e. The Morgan fingerprint density at radius 2 is 1.53 bits per heavy atom. The van der Waals surface area contributed by atoms with Crippen molar-refractivity contribution < 1.29 is 19.1 Å². The number of amides is 2. The number of anilines is 1. The van der Waals surface area contributed by atoms with Crippen molar-refractivity contribution in [2.24, 2.45) is 0 Å². The van der Waals surface area contributed by atoms with E-state index in [-0.39, 0.29) is 18.4 Å². The van der Waals surface area contributed by atoms with Gasteiger partial charge in [0.25, 0.3) is 0 Å². The molecule has 162 valence electrons. The van der Waals surface area contributed by atoms with Gasteiger partial charge in [-0.25, -0.2) is 0 Å². The van der Waals surface area contributed by atoms with Crippen molar-refractivity contribution in [3.05, 3.63) is 53.1 Å². The van der Waals surface area contributed by atoms with E-state index >= 15 is 0 Å². The number of nitrogens with one attached hydrogen (secondary N) is 1. The third kappa shape index (κ3) is 7.10. The number of rotatable bonds is 10. The van der Waals surface area contributed by atoms with Gasteiger partial charge >= 0.3 is 0 Å². The molecule has 30 heavy (non-hydrogen) atoms. The Balaban J connectivity index is 1.73. The topological polar surface area (TPSA) is 67.9 Å². The minimum atomic E-state index is -0.202. The van der Waals surface area contributed by atoms with Crippen molar-refractivity contribution in [3.8, 4) is 11.5 Å². The minimum Gasteiger partial charge on any atom is -0.494 e. The molecule has 0 bridgehead atoms. The first-order valence-corrected chi connectivity index (χ1v) is 10.3. The van der Waals surface area contributed by atoms with Crippen LogP contribution in [0.2, 0.25) is 0 Å². The Hall–Kier alpha value is -3.02. The zero-order chi connectivity index (χ0) is 22.1. The molecular formula is C24H32N2O4. The first-order chi connectivity index (χ1) is 14.3. The summed E-state index contributed by atoms with van der Waals surface area (Å²) in [6, 6.07) is 11.5. The fourth-order valence-corrected chi connectivity index (χ4v) is 3.26. The Morgan fingerprint density at radius 1 is 0.967 bits per heavy atom. The van der Waals surface area contributed by atoms with Crippen LogP contribution in [0.25, 0.3) is 0 Å². The largest absolute Gasteiger partial charge is 0.494 e. The minimum absolute atomic E-state index is 0.0192. The van der Waals surface area contributed by atoms with Gasteiger partial charge in [-0.3, -0.25) is 9.59 Å². The zero-order valence-electron chi connectivity index (χ0n) is 18.6. The molecule has 0 atom stereocenters. The zero-order valence-corrected chi connectivity index (χ0v) is 18.6. The summed E-state index contributed by atoms with van der Waals surface area (Å²) in [6.07, 6.45) is 0.900. The molecular weight excluding hydrogens is 380 g/mol. The average molecular weight is 413 g/mol. The van der Waals surface area contributed by atoms with Crippen molar-refractivity contribution in [2.75, 3.05) is 32.1 Å². The van der Waals surface area contributed by atoms with Gasteiger partial charge in [0.15, 0.2) is 0 Å². The van der Waals surface area contributed by atoms with Gasteiger partial charge < -0.3 is 19.7 Å². The van der Waals surface area contributed by atoms with Gasteiger partial charge in [-0.1, -0.05) is 17.7 Å². The molecule has 6 heteroatoms. The molecule has 0 aliphatic heterocycles. The Labute approximate surface area is 179 Å². The second kappa shape index (κ2) is 11.2. The molecule has 2 amide bonds. The predicted octanol–water partition coefficient (Wildman–Crippen LogP) is 4.27. The van der Waals surface area contributed by atoms with E-state index in [1.54, 1.807) is 7.05 Å². The smallest absolute Gasteiger partial charge is 0.243 e. The van der Waals surface area contributed by atoms with Crippen molar-refractivity contribution in [3.63, 3.8) is 0 Å². The van der Waals surface area contributed by atoms with Crippen molar-refractivity contribution in [1.29, 1.82) is 0 Å². The summed E-state index contributed by atoms with van der Waals surface area (Å²) in [7, 11) is 1.64. The van der Waals surface area contributed by atoms with E-state index < -0.39 is 0 Å². The van der Waals surface area contributed by atoms with Crippen molar-refractivity contribution in [2.45, 2.75) is 40.5 Å². The fourth-order valence-electron chi connectivity index (χ4n) is 3.26. The molecule has 0 aliphatic rings. The standard InChI is InChI=1S/C24H32N2O4/c1-6-29-20-9-11-21(12-10-20)30-13-7-8-23(28)26(5)16-22(27)25-24-18(3)14-17(2)15-19(24)4/h9-12,14-15H,6-8,13,16H2,1-5H3,(H,25,27). The van der Waals surface area contributed by atoms with Gasteiger partial charge in [0.2, 0.25) is 11.8 Å². The second-order valence-corrected chi connectivity index (χ2v) is 7.43. The molecule has 6 nitrogen and oxygen atoms in total. The van der Waals surface area contributed by atoms with E-state index in [0.29, 0.717) is 26.1 Å². The molecule has 0 saturated heterocycles. The molecule has 1 N–H and O–H groups in total. The molecule has 0 unspecified atom stereocenters. The lowest BCUT2D eigenvalue weighted by atomic mass is 10.1. The summed E-state index contributed by atoms with van der Waals surface area (Å²) in [4.78, 5) is 26.1. The van der Waals surface area contributed by atoms with E-state index in [9.17, 15) is 9.59 Å². The maximum absolute atomic E-state index is 12.4. The van der Waals surface area contributed by atoms with E-state index in [1.807, 2.05) is 64.1 Å². The fraction of sp³-hybridized carbons (Fsp3) is 0.417. The highest BCUT2D eigenvalue weighted by molar-refractivity contribution is 5.95. The number of hydrogen-bond acceptors (Lipinski definition) is 4. The highest BCUT2D eigenvalue weighted by atomic mass is 16.5. The van der Waals surface area contributed by atoms with Crippen LogP contribution in [-0.2, 0) is 9.59 Å². The van der Waals surface area contributed by atoms with E-state index in [1.165, 1.54) is 4.90 Å². The van der Waals surface area contributed by atoms with Gasteiger partial charge in [-0.15, -0.1) is 0 Å². The number of carbonyl (C=O) groups is 2. The van der Waals surface area contributed by atoms with Gasteiger partial charge in [-0.05, 0) is 69.5 Å². The number of ether oxygens (including phenoxy) is 2. The van der Waals surface area contributed by atoms with Crippen LogP contribution in [0.4, 0.5) is 5.69 Å². The van der Waals surface area contributed by atoms with Crippen LogP contribution < -0.4 is 14.8 Å². The van der Waals surface area contributed by atoms with Crippen LogP contribution in [0.3, 0.4) is 0 Å². The van der Waals surface area contributed by atoms with Crippen LogP contribution >= 0.6 is 0 Å². The third-order valence-electron chi connectivity index (χ3n) is 4.69. The first kappa shape index (κ1) is 23.3. The van der Waals surface area contributed by atoms with Crippen LogP contribution in [0.15, 0.2) is 36.4 Å². The Kier molecular flexibility index (Phi) is 8.71. The van der Waals surface area contributed by atoms with E-state index in [4.69, 9.17) is 9.47 Å². The highest BCUT2D eigenvalue weighted by Gasteiger charge is 2.14. The molecule has 0 radical (unpaired) electrons. The third-order valence-corrected chi connectivity index (χ3v) is 4.69. The Morgan fingerprint density at radius 3 is 2.10 bits per heavy atom. The lowest BCUT2D eigenvalue weighted by Gasteiger charge is -2.18. The molecule has 0 spiro atoms. The summed E-state index contributed by atoms with van der Waals surface area (Å²) in [5.41, 5.74) is 4.00. The molecule has 0 aliphatic carbocycles. The van der Waals surface area contributed by atoms with Crippen molar-refractivity contribution in [1.82, 2.24) is 4.90 Å². The molecule has 0 aromatic heterocycles. The van der Waals surface area contributed by atoms with Gasteiger partial charge in [0, 0.05) is 19.2 Å². The van der Waals surface area contributed by atoms with Gasteiger partial charge in [-0.2, -0.15) is 0 Å². The lowest BCUT2D eigenvalue weighted by Crippen LogP contribution is -2.35. The summed E-state index contributed by atoms with van der Waals surface area (Å²) in [6.45, 7) is 8.97. The number of carbonyl (C=O) groups excluding carboxylic acids is 2. The quantitative estimate of drug-likeness (QED) is 0.592. The number of likely N-dealkylation sites (N-methyl/N-ethyl adjacent to an activating group) is 1. The number of nitrogens with zero attached hydrogens (tertiary/aromatic N) is 1. The van der Waals surface area contributed by atoms with Crippen LogP contribution in [-0.4, -0.2) is 43.5 Å². The second-order valence-electron chi connectivity index (χ2n) is 7.43. The maximum atomic E-state index is 12.4. The number of hydrogen-bond donors (Lipinski definition) is 1. The van der Waals surface area contributed by atoms with Gasteiger partial charge in [0.05, 0.1) is 19.8 Å². The summed E-state index contributed by atoms with van der Waals surface area (Å²) in [5.74, 6) is 1.25. The van der Waals surface area contributed by atoms with Crippen LogP contribution in [0.5, 0.6) is 11.5 Å². The first-order valence-electron chi connectivity index (χ1n) is 10.3. The summed E-state index contributed by atoms with van der Waals surface area (Å²) < 4.78 is 11.1. The lowest BCUT2D eigenvalue weighted by molar-refractivity contribution is -0.133. The molecule has 0 saturated carbocycles. The van der Waals surface area contributed by atoms with Crippen molar-refractivity contribution >= 4 is 17.5 Å². The predicted molar refractivity (Wildman–Crippen MR) is 119 cm³/mol. The normalized spacial score (nSPS) is 10.4. The summed E-state index contributed by atoms with van der Waals surface area (Å²) >= 11 is 0. The monoisotopic (exact) mass is 412 g/mol. The SMILES string of the molecule is CCOc1ccc(OCCCC(=O)N(C)CC(=O)Nc2c(C)cc(C)cc2C)cc1. The average Bonchev–Trinajstić information content (AvgIpc) is 2.69. The summed E-state index contributed by atoms with van der Waals surface area (Å²) in [5, 5.41) is 2.93. The van der Waals surface area contributed by atoms with Crippen LogP contribution in [0.1, 0.15) is 36.5 Å². The van der Waals surface area contributed by atoms with E-state index in [0.717, 1.165) is 33.9 Å². The van der Waals surface area contributed by atoms with Crippen LogP contribution in [0, 0.1) is 20.8 Å². The molecule has 2 aromatic carbocycles. The number of benzene rings is 2.